The monoisotopic (exact) mass is 251 g/mol. The van der Waals surface area contributed by atoms with Crippen molar-refractivity contribution in [3.8, 4) is 0 Å². The van der Waals surface area contributed by atoms with Gasteiger partial charge in [0.15, 0.2) is 5.69 Å². The van der Waals surface area contributed by atoms with Crippen molar-refractivity contribution in [3.05, 3.63) is 11.4 Å². The maximum atomic E-state index is 12.0. The lowest BCUT2D eigenvalue weighted by atomic mass is 10.1. The van der Waals surface area contributed by atoms with Gasteiger partial charge in [0.2, 0.25) is 0 Å². The lowest BCUT2D eigenvalue weighted by Gasteiger charge is -2.32. The van der Waals surface area contributed by atoms with Gasteiger partial charge in [-0.05, 0) is 39.3 Å². The lowest BCUT2D eigenvalue weighted by Crippen LogP contribution is -2.48. The summed E-state index contributed by atoms with van der Waals surface area (Å²) in [5, 5.41) is 13.3. The molecule has 1 aromatic heterocycles. The largest absolute Gasteiger partial charge is 0.347 e. The Morgan fingerprint density at radius 2 is 2.39 bits per heavy atom. The van der Waals surface area contributed by atoms with E-state index in [1.54, 1.807) is 6.92 Å². The SMILES string of the molecule is CCCN1CCC[C@@H](NC(=O)c2n[nH]nc2C)C1. The number of piperidine rings is 1. The molecule has 1 aliphatic heterocycles. The maximum Gasteiger partial charge on any atom is 0.274 e. The van der Waals surface area contributed by atoms with E-state index in [1.807, 2.05) is 0 Å². The van der Waals surface area contributed by atoms with Crippen LogP contribution >= 0.6 is 0 Å². The van der Waals surface area contributed by atoms with Crippen molar-refractivity contribution in [2.75, 3.05) is 19.6 Å². The van der Waals surface area contributed by atoms with Gasteiger partial charge in [-0.15, -0.1) is 0 Å². The van der Waals surface area contributed by atoms with Gasteiger partial charge in [0.05, 0.1) is 5.69 Å². The topological polar surface area (TPSA) is 73.9 Å². The Morgan fingerprint density at radius 3 is 3.06 bits per heavy atom. The number of carbonyl (C=O) groups is 1. The second kappa shape index (κ2) is 5.95. The molecule has 1 aromatic rings. The van der Waals surface area contributed by atoms with E-state index in [2.05, 4.69) is 32.6 Å². The van der Waals surface area contributed by atoms with E-state index < -0.39 is 0 Å². The molecule has 2 N–H and O–H groups in total. The second-order valence-corrected chi connectivity index (χ2v) is 4.87. The Morgan fingerprint density at radius 1 is 1.56 bits per heavy atom. The highest BCUT2D eigenvalue weighted by Crippen LogP contribution is 2.11. The summed E-state index contributed by atoms with van der Waals surface area (Å²) in [4.78, 5) is 14.4. The molecule has 1 saturated heterocycles. The van der Waals surface area contributed by atoms with Crippen LogP contribution < -0.4 is 5.32 Å². The summed E-state index contributed by atoms with van der Waals surface area (Å²) in [6, 6.07) is 0.230. The van der Waals surface area contributed by atoms with Crippen molar-refractivity contribution in [2.24, 2.45) is 0 Å². The minimum Gasteiger partial charge on any atom is -0.347 e. The molecule has 18 heavy (non-hydrogen) atoms. The molecule has 1 atom stereocenters. The van der Waals surface area contributed by atoms with Gasteiger partial charge in [0, 0.05) is 12.6 Å². The van der Waals surface area contributed by atoms with E-state index in [1.165, 1.54) is 0 Å². The normalized spacial score (nSPS) is 20.9. The van der Waals surface area contributed by atoms with Crippen LogP contribution in [0.3, 0.4) is 0 Å². The first-order chi connectivity index (χ1) is 8.70. The van der Waals surface area contributed by atoms with Crippen molar-refractivity contribution in [3.63, 3.8) is 0 Å². The fraction of sp³-hybridized carbons (Fsp3) is 0.750. The molecule has 6 nitrogen and oxygen atoms in total. The number of aryl methyl sites for hydroxylation is 1. The second-order valence-electron chi connectivity index (χ2n) is 4.87. The Bertz CT molecular complexity index is 401. The van der Waals surface area contributed by atoms with Crippen molar-refractivity contribution in [2.45, 2.75) is 39.2 Å². The summed E-state index contributed by atoms with van der Waals surface area (Å²) < 4.78 is 0. The third kappa shape index (κ3) is 3.07. The van der Waals surface area contributed by atoms with Crippen LogP contribution in [0.15, 0.2) is 0 Å². The highest BCUT2D eigenvalue weighted by molar-refractivity contribution is 5.93. The number of aromatic nitrogens is 3. The summed E-state index contributed by atoms with van der Waals surface area (Å²) in [5.41, 5.74) is 1.05. The number of hydrogen-bond donors (Lipinski definition) is 2. The van der Waals surface area contributed by atoms with Gasteiger partial charge in [-0.2, -0.15) is 15.4 Å². The summed E-state index contributed by atoms with van der Waals surface area (Å²) in [6.07, 6.45) is 3.34. The van der Waals surface area contributed by atoms with Gasteiger partial charge >= 0.3 is 0 Å². The van der Waals surface area contributed by atoms with E-state index in [-0.39, 0.29) is 11.9 Å². The quantitative estimate of drug-likeness (QED) is 0.827. The first-order valence-electron chi connectivity index (χ1n) is 6.61. The molecule has 0 bridgehead atoms. The number of carbonyl (C=O) groups excluding carboxylic acids is 1. The van der Waals surface area contributed by atoms with Gasteiger partial charge in [-0.1, -0.05) is 6.92 Å². The van der Waals surface area contributed by atoms with Gasteiger partial charge < -0.3 is 10.2 Å². The fourth-order valence-corrected chi connectivity index (χ4v) is 2.45. The zero-order valence-electron chi connectivity index (χ0n) is 11.1. The molecule has 100 valence electrons. The molecule has 1 amide bonds. The van der Waals surface area contributed by atoms with Crippen molar-refractivity contribution >= 4 is 5.91 Å². The van der Waals surface area contributed by atoms with Gasteiger partial charge in [0.1, 0.15) is 0 Å². The molecule has 2 heterocycles. The minimum absolute atomic E-state index is 0.121. The number of nitrogens with zero attached hydrogens (tertiary/aromatic N) is 3. The van der Waals surface area contributed by atoms with Crippen LogP contribution in [0, 0.1) is 6.92 Å². The maximum absolute atomic E-state index is 12.0. The van der Waals surface area contributed by atoms with Crippen molar-refractivity contribution in [1.82, 2.24) is 25.6 Å². The Balaban J connectivity index is 1.89. The van der Waals surface area contributed by atoms with E-state index >= 15 is 0 Å². The predicted octanol–water partition coefficient (Wildman–Crippen LogP) is 0.717. The molecule has 0 saturated carbocycles. The molecule has 2 rings (SSSR count). The van der Waals surface area contributed by atoms with Crippen LogP contribution in [-0.2, 0) is 0 Å². The van der Waals surface area contributed by atoms with E-state index in [0.29, 0.717) is 11.4 Å². The molecule has 0 aliphatic carbocycles. The van der Waals surface area contributed by atoms with Crippen LogP contribution in [0.25, 0.3) is 0 Å². The van der Waals surface area contributed by atoms with Gasteiger partial charge in [-0.3, -0.25) is 4.79 Å². The first-order valence-corrected chi connectivity index (χ1v) is 6.61. The van der Waals surface area contributed by atoms with Crippen LogP contribution in [0.1, 0.15) is 42.4 Å². The zero-order valence-corrected chi connectivity index (χ0v) is 11.1. The van der Waals surface area contributed by atoms with E-state index in [0.717, 1.165) is 38.9 Å². The molecular formula is C12H21N5O. The van der Waals surface area contributed by atoms with Crippen molar-refractivity contribution in [1.29, 1.82) is 0 Å². The summed E-state index contributed by atoms with van der Waals surface area (Å²) in [5.74, 6) is -0.121. The lowest BCUT2D eigenvalue weighted by molar-refractivity contribution is 0.0898. The highest BCUT2D eigenvalue weighted by atomic mass is 16.2. The van der Waals surface area contributed by atoms with Crippen LogP contribution in [0.4, 0.5) is 0 Å². The zero-order chi connectivity index (χ0) is 13.0. The number of nitrogens with one attached hydrogen (secondary N) is 2. The number of amides is 1. The molecule has 0 aromatic carbocycles. The van der Waals surface area contributed by atoms with E-state index in [4.69, 9.17) is 0 Å². The summed E-state index contributed by atoms with van der Waals surface area (Å²) in [7, 11) is 0. The average Bonchev–Trinajstić information content (AvgIpc) is 2.76. The van der Waals surface area contributed by atoms with E-state index in [9.17, 15) is 4.79 Å². The Hall–Kier alpha value is -1.43. The molecule has 0 radical (unpaired) electrons. The smallest absolute Gasteiger partial charge is 0.274 e. The number of H-pyrrole nitrogens is 1. The standard InChI is InChI=1S/C12H21N5O/c1-3-6-17-7-4-5-10(8-17)13-12(18)11-9(2)14-16-15-11/h10H,3-8H2,1-2H3,(H,13,18)(H,14,15,16)/t10-/m1/s1. The highest BCUT2D eigenvalue weighted by Gasteiger charge is 2.22. The average molecular weight is 251 g/mol. The molecule has 1 aliphatic rings. The Labute approximate surface area is 107 Å². The van der Waals surface area contributed by atoms with Crippen molar-refractivity contribution < 1.29 is 4.79 Å². The fourth-order valence-electron chi connectivity index (χ4n) is 2.45. The number of likely N-dealkylation sites (tertiary alicyclic amines) is 1. The minimum atomic E-state index is -0.121. The third-order valence-electron chi connectivity index (χ3n) is 3.32. The summed E-state index contributed by atoms with van der Waals surface area (Å²) >= 11 is 0. The van der Waals surface area contributed by atoms with Crippen LogP contribution in [-0.4, -0.2) is 51.9 Å². The molecular weight excluding hydrogens is 230 g/mol. The number of hydrogen-bond acceptors (Lipinski definition) is 4. The molecule has 0 unspecified atom stereocenters. The molecule has 0 spiro atoms. The molecule has 1 fully saturated rings. The van der Waals surface area contributed by atoms with Gasteiger partial charge in [0.25, 0.3) is 5.91 Å². The number of aromatic amines is 1. The summed E-state index contributed by atoms with van der Waals surface area (Å²) in [6.45, 7) is 7.15. The van der Waals surface area contributed by atoms with Crippen LogP contribution in [0.5, 0.6) is 0 Å². The number of rotatable bonds is 4. The molecule has 6 heteroatoms. The van der Waals surface area contributed by atoms with Crippen LogP contribution in [0.2, 0.25) is 0 Å². The Kier molecular flexibility index (Phi) is 4.30. The first kappa shape index (κ1) is 13.0. The van der Waals surface area contributed by atoms with Gasteiger partial charge in [-0.25, -0.2) is 0 Å². The third-order valence-corrected chi connectivity index (χ3v) is 3.32. The predicted molar refractivity (Wildman–Crippen MR) is 68.3 cm³/mol.